The molecule has 142 valence electrons. The number of phenols is 2. The van der Waals surface area contributed by atoms with Gasteiger partial charge in [0, 0.05) is 23.1 Å². The lowest BCUT2D eigenvalue weighted by molar-refractivity contribution is 0.0892. The number of allylic oxidation sites excluding steroid dienone is 2. The van der Waals surface area contributed by atoms with Crippen LogP contribution < -0.4 is 0 Å². The highest BCUT2D eigenvalue weighted by molar-refractivity contribution is 6.39. The quantitative estimate of drug-likeness (QED) is 0.703. The second-order valence-corrected chi connectivity index (χ2v) is 7.32. The molecule has 0 saturated heterocycles. The van der Waals surface area contributed by atoms with Crippen molar-refractivity contribution in [1.82, 2.24) is 0 Å². The number of hydrogen-bond acceptors (Lipinski definition) is 6. The molecule has 0 bridgehead atoms. The maximum atomic E-state index is 13.1. The van der Waals surface area contributed by atoms with Gasteiger partial charge in [0.2, 0.25) is 0 Å². The molecular weight excluding hydrogens is 360 g/mol. The third kappa shape index (κ3) is 2.49. The number of benzene rings is 2. The molecule has 3 N–H and O–H groups in total. The predicted molar refractivity (Wildman–Crippen MR) is 101 cm³/mol. The molecule has 2 aliphatic carbocycles. The van der Waals surface area contributed by atoms with Gasteiger partial charge >= 0.3 is 0 Å². The number of fused-ring (bicyclic) bond motifs is 2. The zero-order chi connectivity index (χ0) is 20.3. The predicted octanol–water partition coefficient (Wildman–Crippen LogP) is 3.19. The van der Waals surface area contributed by atoms with Crippen molar-refractivity contribution in [2.75, 3.05) is 0 Å². The van der Waals surface area contributed by atoms with Crippen LogP contribution in [0.5, 0.6) is 11.5 Å². The Morgan fingerprint density at radius 3 is 2.39 bits per heavy atom. The molecule has 6 heteroatoms. The Bertz CT molecular complexity index is 1120. The van der Waals surface area contributed by atoms with E-state index in [4.69, 9.17) is 0 Å². The molecule has 2 aromatic rings. The van der Waals surface area contributed by atoms with Crippen LogP contribution in [0.4, 0.5) is 0 Å². The first-order valence-corrected chi connectivity index (χ1v) is 8.93. The lowest BCUT2D eigenvalue weighted by Gasteiger charge is -2.25. The van der Waals surface area contributed by atoms with Gasteiger partial charge in [-0.05, 0) is 55.2 Å². The molecule has 0 aliphatic heterocycles. The second kappa shape index (κ2) is 6.14. The van der Waals surface area contributed by atoms with Gasteiger partial charge < -0.3 is 15.3 Å². The van der Waals surface area contributed by atoms with Crippen LogP contribution in [-0.4, -0.2) is 32.7 Å². The van der Waals surface area contributed by atoms with Gasteiger partial charge in [0.1, 0.15) is 11.5 Å². The van der Waals surface area contributed by atoms with Crippen molar-refractivity contribution in [3.63, 3.8) is 0 Å². The van der Waals surface area contributed by atoms with Crippen molar-refractivity contribution in [2.24, 2.45) is 0 Å². The molecule has 0 heterocycles. The number of ketones is 3. The van der Waals surface area contributed by atoms with Gasteiger partial charge in [-0.2, -0.15) is 0 Å². The van der Waals surface area contributed by atoms with Crippen molar-refractivity contribution >= 4 is 22.9 Å². The molecule has 0 unspecified atom stereocenters. The summed E-state index contributed by atoms with van der Waals surface area (Å²) in [4.78, 5) is 38.1. The van der Waals surface area contributed by atoms with Crippen molar-refractivity contribution in [1.29, 1.82) is 0 Å². The minimum absolute atomic E-state index is 0.00150. The van der Waals surface area contributed by atoms with Crippen LogP contribution in [0.25, 0.3) is 5.57 Å². The Balaban J connectivity index is 1.96. The van der Waals surface area contributed by atoms with Crippen molar-refractivity contribution in [2.45, 2.75) is 32.8 Å². The van der Waals surface area contributed by atoms with E-state index in [1.54, 1.807) is 19.9 Å². The number of aliphatic hydroxyl groups excluding tert-OH is 1. The van der Waals surface area contributed by atoms with Crippen molar-refractivity contribution in [3.8, 4) is 11.5 Å². The summed E-state index contributed by atoms with van der Waals surface area (Å²) in [5.74, 6) is -2.05. The Labute approximate surface area is 160 Å². The van der Waals surface area contributed by atoms with Crippen LogP contribution in [0.1, 0.15) is 72.3 Å². The molecule has 6 nitrogen and oxygen atoms in total. The van der Waals surface area contributed by atoms with E-state index in [1.165, 1.54) is 12.1 Å². The minimum Gasteiger partial charge on any atom is -0.507 e. The number of aromatic hydroxyl groups is 2. The van der Waals surface area contributed by atoms with E-state index in [2.05, 4.69) is 0 Å². The molecule has 4 rings (SSSR count). The largest absolute Gasteiger partial charge is 0.507 e. The van der Waals surface area contributed by atoms with E-state index in [0.29, 0.717) is 16.7 Å². The fraction of sp³-hybridized carbons (Fsp3) is 0.227. The monoisotopic (exact) mass is 378 g/mol. The number of carbonyl (C=O) groups excluding carboxylic acids is 3. The lowest BCUT2D eigenvalue weighted by Crippen LogP contribution is -2.20. The molecule has 28 heavy (non-hydrogen) atoms. The lowest BCUT2D eigenvalue weighted by atomic mass is 9.79. The van der Waals surface area contributed by atoms with Crippen LogP contribution in [0.2, 0.25) is 0 Å². The summed E-state index contributed by atoms with van der Waals surface area (Å²) in [6.07, 6.45) is 0.574. The summed E-state index contributed by atoms with van der Waals surface area (Å²) in [6.45, 7) is 3.33. The van der Waals surface area contributed by atoms with Crippen LogP contribution in [-0.2, 0) is 0 Å². The summed E-state index contributed by atoms with van der Waals surface area (Å²) in [6, 6.07) is 4.50. The molecular formula is C22H18O6. The molecule has 0 radical (unpaired) electrons. The van der Waals surface area contributed by atoms with Gasteiger partial charge in [-0.3, -0.25) is 14.4 Å². The highest BCUT2D eigenvalue weighted by atomic mass is 16.3. The standard InChI is InChI=1S/C22H18O6/c1-9-5-12-19(16(25)6-9)17(26)8-13(21(12)27)18-10(2)7-11-14(23)3-4-15(24)20(11)22(18)28/h5-8,14,23,25,28H,3-4H2,1-2H3/t14-/m0/s1. The third-order valence-electron chi connectivity index (χ3n) is 5.35. The van der Waals surface area contributed by atoms with E-state index in [0.717, 1.165) is 6.08 Å². The highest BCUT2D eigenvalue weighted by Crippen LogP contribution is 2.43. The number of Topliss-reactive ketones (excluding diaryl/α,β-unsaturated/α-hetero) is 2. The summed E-state index contributed by atoms with van der Waals surface area (Å²) in [7, 11) is 0. The fourth-order valence-corrected chi connectivity index (χ4v) is 4.08. The number of phenolic OH excluding ortho intramolecular Hbond substituents is 2. The molecule has 1 atom stereocenters. The number of hydrogen-bond donors (Lipinski definition) is 3. The van der Waals surface area contributed by atoms with Crippen molar-refractivity contribution < 1.29 is 29.7 Å². The molecule has 0 fully saturated rings. The van der Waals surface area contributed by atoms with E-state index in [1.807, 2.05) is 0 Å². The number of rotatable bonds is 1. The minimum atomic E-state index is -0.871. The first-order chi connectivity index (χ1) is 13.2. The Kier molecular flexibility index (Phi) is 3.97. The summed E-state index contributed by atoms with van der Waals surface area (Å²) in [5.41, 5.74) is 1.47. The fourth-order valence-electron chi connectivity index (χ4n) is 4.08. The van der Waals surface area contributed by atoms with E-state index >= 15 is 0 Å². The molecule has 0 aromatic heterocycles. The number of aliphatic hydroxyl groups is 1. The zero-order valence-electron chi connectivity index (χ0n) is 15.4. The van der Waals surface area contributed by atoms with Crippen LogP contribution in [0.15, 0.2) is 24.3 Å². The topological polar surface area (TPSA) is 112 Å². The van der Waals surface area contributed by atoms with Crippen LogP contribution in [0.3, 0.4) is 0 Å². The summed E-state index contributed by atoms with van der Waals surface area (Å²) >= 11 is 0. The molecule has 0 amide bonds. The highest BCUT2D eigenvalue weighted by Gasteiger charge is 2.35. The Morgan fingerprint density at radius 2 is 1.68 bits per heavy atom. The maximum Gasteiger partial charge on any atom is 0.194 e. The van der Waals surface area contributed by atoms with Gasteiger partial charge in [0.25, 0.3) is 0 Å². The number of aryl methyl sites for hydroxylation is 2. The van der Waals surface area contributed by atoms with Crippen molar-refractivity contribution in [3.05, 3.63) is 63.2 Å². The SMILES string of the molecule is Cc1cc(O)c2c(c1)C(=O)C(c1c(C)cc3c(c1O)C(=O)CC[C@@H]3O)=CC2=O. The van der Waals surface area contributed by atoms with Gasteiger partial charge in [-0.25, -0.2) is 0 Å². The van der Waals surface area contributed by atoms with Gasteiger partial charge in [0.15, 0.2) is 17.3 Å². The molecule has 2 aromatic carbocycles. The smallest absolute Gasteiger partial charge is 0.194 e. The van der Waals surface area contributed by atoms with Crippen LogP contribution >= 0.6 is 0 Å². The maximum absolute atomic E-state index is 13.1. The Hall–Kier alpha value is -3.25. The van der Waals surface area contributed by atoms with Gasteiger partial charge in [-0.1, -0.05) is 6.07 Å². The molecule has 2 aliphatic rings. The van der Waals surface area contributed by atoms with Gasteiger partial charge in [-0.15, -0.1) is 0 Å². The molecule has 0 saturated carbocycles. The average Bonchev–Trinajstić information content (AvgIpc) is 2.61. The van der Waals surface area contributed by atoms with E-state index < -0.39 is 23.4 Å². The average molecular weight is 378 g/mol. The summed E-state index contributed by atoms with van der Waals surface area (Å²) < 4.78 is 0. The Morgan fingerprint density at radius 1 is 0.964 bits per heavy atom. The third-order valence-corrected chi connectivity index (χ3v) is 5.35. The first kappa shape index (κ1) is 18.1. The normalized spacial score (nSPS) is 18.6. The van der Waals surface area contributed by atoms with E-state index in [-0.39, 0.29) is 52.2 Å². The second-order valence-electron chi connectivity index (χ2n) is 7.32. The summed E-state index contributed by atoms with van der Waals surface area (Å²) in [5, 5.41) is 31.1. The zero-order valence-corrected chi connectivity index (χ0v) is 15.4. The van der Waals surface area contributed by atoms with E-state index in [9.17, 15) is 29.7 Å². The van der Waals surface area contributed by atoms with Crippen LogP contribution in [0, 0.1) is 13.8 Å². The number of carbonyl (C=O) groups is 3. The first-order valence-electron chi connectivity index (χ1n) is 8.93. The van der Waals surface area contributed by atoms with Gasteiger partial charge in [0.05, 0.1) is 17.2 Å². The molecule has 0 spiro atoms.